The second-order valence-corrected chi connectivity index (χ2v) is 12.3. The number of aliphatic hydroxyl groups excluding tert-OH is 3. The summed E-state index contributed by atoms with van der Waals surface area (Å²) in [6, 6.07) is -1.98. The Morgan fingerprint density at radius 1 is 1.07 bits per heavy atom. The molecular formula is C26H49N5O9. The van der Waals surface area contributed by atoms with Crippen molar-refractivity contribution in [1.29, 1.82) is 10.8 Å². The summed E-state index contributed by atoms with van der Waals surface area (Å²) >= 11 is 0. The summed E-state index contributed by atoms with van der Waals surface area (Å²) in [5.41, 5.74) is 10.2. The standard InChI is InChI=1S/C26H49N5O9/c1-12-18(33)23(37-11-26(12,4)36)40-21-17(31-24(30)25(2,3)35)9-16(29)20(19(21)34)39-22-15(28)8-7-14(38-22)6-5-13(27)10-32/h12,14-23,27,32-36H,5-11,28-29H2,1-4H3,(H2,30,31)/t12-,14-,15?,16+,17-,18?,19?,20?,21?,22-,23-,26?/m1/s1. The average Bonchev–Trinajstić information content (AvgIpc) is 2.88. The Morgan fingerprint density at radius 2 is 1.73 bits per heavy atom. The molecule has 232 valence electrons. The third kappa shape index (κ3) is 7.95. The van der Waals surface area contributed by atoms with Crippen molar-refractivity contribution in [2.24, 2.45) is 17.4 Å². The smallest absolute Gasteiger partial charge is 0.184 e. The highest BCUT2D eigenvalue weighted by molar-refractivity contribution is 5.87. The van der Waals surface area contributed by atoms with Crippen molar-refractivity contribution < 1.29 is 44.5 Å². The molecule has 0 radical (unpaired) electrons. The van der Waals surface area contributed by atoms with Crippen LogP contribution < -0.4 is 16.8 Å². The number of rotatable bonds is 10. The number of nitrogens with one attached hydrogen (secondary N) is 3. The predicted molar refractivity (Wildman–Crippen MR) is 145 cm³/mol. The first-order valence-corrected chi connectivity index (χ1v) is 14.0. The number of aliphatic hydroxyl groups is 5. The lowest BCUT2D eigenvalue weighted by Crippen LogP contribution is -2.68. The van der Waals surface area contributed by atoms with Gasteiger partial charge in [-0.25, -0.2) is 0 Å². The molecule has 0 amide bonds. The maximum Gasteiger partial charge on any atom is 0.184 e. The molecule has 2 aliphatic heterocycles. The number of nitrogens with two attached hydrogens (primary N) is 2. The fourth-order valence-electron chi connectivity index (χ4n) is 5.25. The van der Waals surface area contributed by atoms with E-state index in [1.54, 1.807) is 13.8 Å². The summed E-state index contributed by atoms with van der Waals surface area (Å²) in [4.78, 5) is 0. The van der Waals surface area contributed by atoms with Gasteiger partial charge in [0.15, 0.2) is 12.6 Å². The quantitative estimate of drug-likeness (QED) is 0.103. The molecule has 12 N–H and O–H groups in total. The zero-order valence-corrected chi connectivity index (χ0v) is 23.8. The fourth-order valence-corrected chi connectivity index (χ4v) is 5.25. The van der Waals surface area contributed by atoms with Crippen LogP contribution in [0.25, 0.3) is 0 Å². The number of amidine groups is 1. The molecule has 0 aromatic carbocycles. The van der Waals surface area contributed by atoms with E-state index in [0.717, 1.165) is 0 Å². The molecule has 3 aliphatic rings. The van der Waals surface area contributed by atoms with Gasteiger partial charge >= 0.3 is 0 Å². The Labute approximate surface area is 235 Å². The van der Waals surface area contributed by atoms with Crippen molar-refractivity contribution in [3.63, 3.8) is 0 Å². The van der Waals surface area contributed by atoms with Gasteiger partial charge in [0.05, 0.1) is 37.0 Å². The van der Waals surface area contributed by atoms with E-state index < -0.39 is 72.2 Å². The Hall–Kier alpha value is -1.30. The van der Waals surface area contributed by atoms with Crippen molar-refractivity contribution in [3.8, 4) is 0 Å². The van der Waals surface area contributed by atoms with Crippen LogP contribution in [0.5, 0.6) is 0 Å². The zero-order valence-electron chi connectivity index (χ0n) is 23.8. The van der Waals surface area contributed by atoms with Crippen molar-refractivity contribution in [3.05, 3.63) is 0 Å². The maximum absolute atomic E-state index is 11.5. The molecule has 3 rings (SSSR count). The van der Waals surface area contributed by atoms with Crippen LogP contribution in [0.4, 0.5) is 0 Å². The van der Waals surface area contributed by atoms with Crippen molar-refractivity contribution in [1.82, 2.24) is 5.32 Å². The molecule has 12 atom stereocenters. The summed E-state index contributed by atoms with van der Waals surface area (Å²) in [7, 11) is 0. The van der Waals surface area contributed by atoms with Gasteiger partial charge in [0, 0.05) is 17.7 Å². The molecule has 2 heterocycles. The van der Waals surface area contributed by atoms with E-state index in [1.807, 2.05) is 0 Å². The van der Waals surface area contributed by atoms with Crippen LogP contribution in [0.1, 0.15) is 59.8 Å². The topological polar surface area (TPSA) is 250 Å². The van der Waals surface area contributed by atoms with Crippen molar-refractivity contribution in [2.75, 3.05) is 13.2 Å². The molecule has 0 aromatic rings. The van der Waals surface area contributed by atoms with Gasteiger partial charge in [-0.1, -0.05) is 6.92 Å². The van der Waals surface area contributed by atoms with Gasteiger partial charge in [0.2, 0.25) is 0 Å². The van der Waals surface area contributed by atoms with Crippen LogP contribution in [-0.2, 0) is 18.9 Å². The Bertz CT molecular complexity index is 872. The predicted octanol–water partition coefficient (Wildman–Crippen LogP) is -1.72. The van der Waals surface area contributed by atoms with Gasteiger partial charge in [-0.3, -0.25) is 5.41 Å². The third-order valence-electron chi connectivity index (χ3n) is 8.31. The normalized spacial score (nSPS) is 42.8. The highest BCUT2D eigenvalue weighted by Gasteiger charge is 2.51. The highest BCUT2D eigenvalue weighted by Crippen LogP contribution is 2.34. The van der Waals surface area contributed by atoms with E-state index in [0.29, 0.717) is 25.7 Å². The van der Waals surface area contributed by atoms with Gasteiger partial charge in [-0.05, 0) is 52.9 Å². The average molecular weight is 576 g/mol. The molecule has 0 spiro atoms. The first kappa shape index (κ1) is 33.2. The first-order chi connectivity index (χ1) is 18.5. The summed E-state index contributed by atoms with van der Waals surface area (Å²) < 4.78 is 24.0. The Morgan fingerprint density at radius 3 is 2.35 bits per heavy atom. The van der Waals surface area contributed by atoms with E-state index in [2.05, 4.69) is 5.32 Å². The van der Waals surface area contributed by atoms with Gasteiger partial charge in [-0.2, -0.15) is 0 Å². The van der Waals surface area contributed by atoms with Gasteiger partial charge in [-0.15, -0.1) is 0 Å². The maximum atomic E-state index is 11.5. The minimum absolute atomic E-state index is 0.102. The summed E-state index contributed by atoms with van der Waals surface area (Å²) in [5, 5.41) is 71.1. The van der Waals surface area contributed by atoms with E-state index in [-0.39, 0.29) is 37.3 Å². The Balaban J connectivity index is 1.77. The van der Waals surface area contributed by atoms with E-state index in [9.17, 15) is 20.4 Å². The lowest BCUT2D eigenvalue weighted by atomic mass is 9.82. The fraction of sp³-hybridized carbons (Fsp3) is 0.923. The molecule has 1 saturated carbocycles. The van der Waals surface area contributed by atoms with Gasteiger partial charge in [0.25, 0.3) is 0 Å². The van der Waals surface area contributed by atoms with Crippen LogP contribution in [0.3, 0.4) is 0 Å². The first-order valence-electron chi connectivity index (χ1n) is 14.0. The minimum atomic E-state index is -1.49. The van der Waals surface area contributed by atoms with Crippen molar-refractivity contribution in [2.45, 2.75) is 132 Å². The number of hydrogen-bond acceptors (Lipinski definition) is 13. The number of hydrogen-bond donors (Lipinski definition) is 10. The molecule has 1 aliphatic carbocycles. The Kier molecular flexibility index (Phi) is 11.1. The van der Waals surface area contributed by atoms with E-state index >= 15 is 0 Å². The lowest BCUT2D eigenvalue weighted by Gasteiger charge is -2.49. The molecule has 40 heavy (non-hydrogen) atoms. The van der Waals surface area contributed by atoms with Gasteiger partial charge < -0.3 is 66.7 Å². The molecule has 6 unspecified atom stereocenters. The molecular weight excluding hydrogens is 526 g/mol. The molecule has 0 aromatic heterocycles. The summed E-state index contributed by atoms with van der Waals surface area (Å²) in [5.74, 6) is -0.805. The molecule has 14 heteroatoms. The molecule has 3 fully saturated rings. The van der Waals surface area contributed by atoms with Crippen LogP contribution in [-0.4, -0.2) is 123 Å². The summed E-state index contributed by atoms with van der Waals surface area (Å²) in [6.45, 7) is 5.70. The minimum Gasteiger partial charge on any atom is -0.390 e. The van der Waals surface area contributed by atoms with E-state index in [4.69, 9.17) is 46.3 Å². The number of ether oxygens (including phenoxy) is 4. The van der Waals surface area contributed by atoms with Crippen LogP contribution in [0.2, 0.25) is 0 Å². The highest BCUT2D eigenvalue weighted by atomic mass is 16.7. The zero-order chi connectivity index (χ0) is 30.0. The van der Waals surface area contributed by atoms with Gasteiger partial charge in [0.1, 0.15) is 35.9 Å². The third-order valence-corrected chi connectivity index (χ3v) is 8.31. The summed E-state index contributed by atoms with van der Waals surface area (Å²) in [6.07, 6.45) is -4.69. The van der Waals surface area contributed by atoms with Crippen LogP contribution in [0, 0.1) is 16.7 Å². The van der Waals surface area contributed by atoms with Crippen molar-refractivity contribution >= 4 is 11.5 Å². The second kappa shape index (κ2) is 13.3. The largest absolute Gasteiger partial charge is 0.390 e. The van der Waals surface area contributed by atoms with Crippen LogP contribution >= 0.6 is 0 Å². The molecule has 2 saturated heterocycles. The van der Waals surface area contributed by atoms with E-state index in [1.165, 1.54) is 13.8 Å². The lowest BCUT2D eigenvalue weighted by molar-refractivity contribution is -0.313. The monoisotopic (exact) mass is 575 g/mol. The SMILES string of the molecule is C[C@@H]1C(O)[C@@H](OC2C(O)C(O[C@H]3O[C@H](CCC(=N)CO)CCC3N)[C@@H](N)C[C@H]2NC(=N)C(C)(C)O)OCC1(C)O. The molecule has 0 bridgehead atoms. The van der Waals surface area contributed by atoms with Crippen LogP contribution in [0.15, 0.2) is 0 Å². The molecule has 14 nitrogen and oxygen atoms in total. The second-order valence-electron chi connectivity index (χ2n) is 12.3.